The Morgan fingerprint density at radius 2 is 2.06 bits per heavy atom. The summed E-state index contributed by atoms with van der Waals surface area (Å²) < 4.78 is 6.72. The Morgan fingerprint density at radius 1 is 1.29 bits per heavy atom. The van der Waals surface area contributed by atoms with E-state index in [1.165, 1.54) is 5.56 Å². The van der Waals surface area contributed by atoms with Crippen LogP contribution in [0.5, 0.6) is 0 Å². The highest BCUT2D eigenvalue weighted by molar-refractivity contribution is 7.13. The topological polar surface area (TPSA) is 76.5 Å². The molecule has 7 nitrogen and oxygen atoms in total. The number of amides is 2. The highest BCUT2D eigenvalue weighted by Crippen LogP contribution is 2.35. The lowest BCUT2D eigenvalue weighted by Gasteiger charge is -2.43. The van der Waals surface area contributed by atoms with Crippen LogP contribution in [0.25, 0.3) is 10.6 Å². The van der Waals surface area contributed by atoms with Gasteiger partial charge in [0.25, 0.3) is 5.91 Å². The van der Waals surface area contributed by atoms with E-state index in [1.807, 2.05) is 47.8 Å². The van der Waals surface area contributed by atoms with Gasteiger partial charge in [-0.05, 0) is 48.6 Å². The molecule has 1 aromatic carbocycles. The molecule has 0 saturated heterocycles. The number of aryl methyl sites for hydroxylation is 1. The Bertz CT molecular complexity index is 1070. The number of hydrogen-bond acceptors (Lipinski definition) is 5. The standard InChI is InChI=1S/C23H26N4O3S/c1-4-16-7-9-17(10-8-16)27-21(28)19-14-18(20-6-5-13-31-20)25-26(19)15-23(27,2)22(29)24-11-12-30-3/h5-10,13-14H,4,11-12,15H2,1-3H3,(H,24,29)/t23-/m0/s1. The smallest absolute Gasteiger partial charge is 0.277 e. The van der Waals surface area contributed by atoms with E-state index in [1.54, 1.807) is 35.0 Å². The summed E-state index contributed by atoms with van der Waals surface area (Å²) in [6.07, 6.45) is 0.903. The third kappa shape index (κ3) is 3.88. The fourth-order valence-electron chi connectivity index (χ4n) is 3.87. The molecule has 3 heterocycles. The van der Waals surface area contributed by atoms with Gasteiger partial charge in [-0.25, -0.2) is 0 Å². The average Bonchev–Trinajstić information content (AvgIpc) is 3.44. The second-order valence-corrected chi connectivity index (χ2v) is 8.68. The Kier molecular flexibility index (Phi) is 5.93. The Hall–Kier alpha value is -2.97. The minimum Gasteiger partial charge on any atom is -0.383 e. The van der Waals surface area contributed by atoms with Crippen molar-refractivity contribution in [1.29, 1.82) is 0 Å². The van der Waals surface area contributed by atoms with Crippen LogP contribution in [0.15, 0.2) is 47.8 Å². The zero-order chi connectivity index (χ0) is 22.0. The number of carbonyl (C=O) groups is 2. The van der Waals surface area contributed by atoms with Crippen LogP contribution >= 0.6 is 11.3 Å². The Morgan fingerprint density at radius 3 is 2.71 bits per heavy atom. The largest absolute Gasteiger partial charge is 0.383 e. The van der Waals surface area contributed by atoms with Gasteiger partial charge >= 0.3 is 0 Å². The maximum atomic E-state index is 13.7. The van der Waals surface area contributed by atoms with Gasteiger partial charge in [-0.1, -0.05) is 25.1 Å². The minimum absolute atomic E-state index is 0.240. The molecule has 0 bridgehead atoms. The van der Waals surface area contributed by atoms with Crippen LogP contribution in [-0.4, -0.2) is 47.4 Å². The van der Waals surface area contributed by atoms with Crippen LogP contribution in [0.2, 0.25) is 0 Å². The first kappa shape index (κ1) is 21.3. The molecule has 0 fully saturated rings. The van der Waals surface area contributed by atoms with E-state index in [0.717, 1.165) is 17.0 Å². The van der Waals surface area contributed by atoms with Gasteiger partial charge < -0.3 is 10.1 Å². The van der Waals surface area contributed by atoms with Crippen molar-refractivity contribution < 1.29 is 14.3 Å². The van der Waals surface area contributed by atoms with E-state index in [2.05, 4.69) is 17.3 Å². The van der Waals surface area contributed by atoms with Crippen LogP contribution in [0, 0.1) is 0 Å². The predicted molar refractivity (Wildman–Crippen MR) is 121 cm³/mol. The average molecular weight is 439 g/mol. The van der Waals surface area contributed by atoms with Gasteiger partial charge in [0.05, 0.1) is 18.0 Å². The molecule has 0 unspecified atom stereocenters. The molecule has 0 spiro atoms. The number of benzene rings is 1. The van der Waals surface area contributed by atoms with Crippen LogP contribution in [0.4, 0.5) is 5.69 Å². The molecule has 2 aromatic heterocycles. The monoisotopic (exact) mass is 438 g/mol. The molecular weight excluding hydrogens is 412 g/mol. The molecule has 0 saturated carbocycles. The molecule has 31 heavy (non-hydrogen) atoms. The molecule has 0 radical (unpaired) electrons. The van der Waals surface area contributed by atoms with Crippen LogP contribution in [0.3, 0.4) is 0 Å². The van der Waals surface area contributed by atoms with Crippen molar-refractivity contribution >= 4 is 28.8 Å². The van der Waals surface area contributed by atoms with Gasteiger partial charge in [0.2, 0.25) is 5.91 Å². The van der Waals surface area contributed by atoms with Crippen molar-refractivity contribution in [3.05, 3.63) is 59.1 Å². The third-order valence-electron chi connectivity index (χ3n) is 5.61. The number of hydrogen-bond donors (Lipinski definition) is 1. The van der Waals surface area contributed by atoms with Gasteiger partial charge in [0.15, 0.2) is 0 Å². The van der Waals surface area contributed by atoms with Gasteiger partial charge in [0.1, 0.15) is 16.9 Å². The van der Waals surface area contributed by atoms with E-state index in [9.17, 15) is 9.59 Å². The molecule has 1 N–H and O–H groups in total. The Balaban J connectivity index is 1.77. The quantitative estimate of drug-likeness (QED) is 0.574. The summed E-state index contributed by atoms with van der Waals surface area (Å²) in [5.74, 6) is -0.480. The number of rotatable bonds is 7. The number of carbonyl (C=O) groups excluding carboxylic acids is 2. The minimum atomic E-state index is -1.13. The number of methoxy groups -OCH3 is 1. The third-order valence-corrected chi connectivity index (χ3v) is 6.50. The summed E-state index contributed by atoms with van der Waals surface area (Å²) in [6.45, 7) is 4.90. The lowest BCUT2D eigenvalue weighted by Crippen LogP contribution is -2.64. The van der Waals surface area contributed by atoms with E-state index in [4.69, 9.17) is 4.74 Å². The Labute approximate surface area is 185 Å². The maximum absolute atomic E-state index is 13.7. The number of fused-ring (bicyclic) bond motifs is 1. The van der Waals surface area contributed by atoms with Crippen LogP contribution in [0.1, 0.15) is 29.9 Å². The van der Waals surface area contributed by atoms with E-state index in [-0.39, 0.29) is 18.4 Å². The van der Waals surface area contributed by atoms with E-state index in [0.29, 0.717) is 24.5 Å². The number of thiophene rings is 1. The first-order valence-electron chi connectivity index (χ1n) is 10.3. The maximum Gasteiger partial charge on any atom is 0.277 e. The molecular formula is C23H26N4O3S. The van der Waals surface area contributed by atoms with E-state index < -0.39 is 5.54 Å². The number of ether oxygens (including phenoxy) is 1. The highest BCUT2D eigenvalue weighted by Gasteiger charge is 2.48. The summed E-state index contributed by atoms with van der Waals surface area (Å²) in [6, 6.07) is 13.5. The van der Waals surface area contributed by atoms with Crippen molar-refractivity contribution in [3.63, 3.8) is 0 Å². The number of nitrogens with zero attached hydrogens (tertiary/aromatic N) is 3. The molecule has 162 valence electrons. The summed E-state index contributed by atoms with van der Waals surface area (Å²) in [5, 5.41) is 9.53. The van der Waals surface area contributed by atoms with Crippen molar-refractivity contribution in [2.45, 2.75) is 32.4 Å². The van der Waals surface area contributed by atoms with Crippen molar-refractivity contribution in [2.75, 3.05) is 25.2 Å². The normalized spacial score (nSPS) is 18.2. The second kappa shape index (κ2) is 8.64. The van der Waals surface area contributed by atoms with Gasteiger partial charge in [-0.2, -0.15) is 5.10 Å². The lowest BCUT2D eigenvalue weighted by atomic mass is 9.93. The zero-order valence-corrected chi connectivity index (χ0v) is 18.7. The molecule has 4 rings (SSSR count). The molecule has 3 aromatic rings. The number of nitrogens with one attached hydrogen (secondary N) is 1. The molecule has 1 aliphatic rings. The first-order valence-corrected chi connectivity index (χ1v) is 11.2. The van der Waals surface area contributed by atoms with Crippen LogP contribution < -0.4 is 10.2 Å². The van der Waals surface area contributed by atoms with Gasteiger partial charge in [0, 0.05) is 19.3 Å². The lowest BCUT2D eigenvalue weighted by molar-refractivity contribution is -0.126. The number of aromatic nitrogens is 2. The highest BCUT2D eigenvalue weighted by atomic mass is 32.1. The summed E-state index contributed by atoms with van der Waals surface area (Å²) in [7, 11) is 1.59. The van der Waals surface area contributed by atoms with Gasteiger partial charge in [-0.15, -0.1) is 11.3 Å². The summed E-state index contributed by atoms with van der Waals surface area (Å²) in [4.78, 5) is 29.5. The number of anilines is 1. The SMILES string of the molecule is CCc1ccc(N2C(=O)c3cc(-c4cccs4)nn3C[C@@]2(C)C(=O)NCCOC)cc1. The van der Waals surface area contributed by atoms with E-state index >= 15 is 0 Å². The van der Waals surface area contributed by atoms with Gasteiger partial charge in [-0.3, -0.25) is 19.2 Å². The summed E-state index contributed by atoms with van der Waals surface area (Å²) in [5.41, 5.74) is 1.94. The molecule has 1 aliphatic heterocycles. The van der Waals surface area contributed by atoms with Crippen molar-refractivity contribution in [1.82, 2.24) is 15.1 Å². The molecule has 1 atom stereocenters. The fourth-order valence-corrected chi connectivity index (χ4v) is 4.55. The molecule has 0 aliphatic carbocycles. The predicted octanol–water partition coefficient (Wildman–Crippen LogP) is 3.36. The summed E-state index contributed by atoms with van der Waals surface area (Å²) >= 11 is 1.57. The zero-order valence-electron chi connectivity index (χ0n) is 17.9. The molecule has 2 amide bonds. The molecule has 8 heteroatoms. The van der Waals surface area contributed by atoms with Crippen LogP contribution in [-0.2, 0) is 22.5 Å². The first-order chi connectivity index (χ1) is 15.0. The second-order valence-electron chi connectivity index (χ2n) is 7.73. The fraction of sp³-hybridized carbons (Fsp3) is 0.348. The van der Waals surface area contributed by atoms with Crippen molar-refractivity contribution in [2.24, 2.45) is 0 Å². The van der Waals surface area contributed by atoms with Crippen molar-refractivity contribution in [3.8, 4) is 10.6 Å².